The van der Waals surface area contributed by atoms with Gasteiger partial charge in [-0.25, -0.2) is 4.79 Å². The number of carbonyl (C=O) groups excluding carboxylic acids is 1. The summed E-state index contributed by atoms with van der Waals surface area (Å²) in [6.07, 6.45) is 2.49. The van der Waals surface area contributed by atoms with E-state index in [-0.39, 0.29) is 6.09 Å². The van der Waals surface area contributed by atoms with Crippen LogP contribution in [0.15, 0.2) is 24.3 Å². The van der Waals surface area contributed by atoms with Gasteiger partial charge in [0.15, 0.2) is 0 Å². The summed E-state index contributed by atoms with van der Waals surface area (Å²) in [6.45, 7) is 8.01. The first-order valence-electron chi connectivity index (χ1n) is 8.21. The second-order valence-corrected chi connectivity index (χ2v) is 7.48. The molecule has 1 saturated carbocycles. The van der Waals surface area contributed by atoms with Crippen molar-refractivity contribution in [1.29, 1.82) is 0 Å². The minimum Gasteiger partial charge on any atom is -0.444 e. The fraction of sp³-hybridized carbons (Fsp3) is 0.611. The highest BCUT2D eigenvalue weighted by Crippen LogP contribution is 2.39. The highest BCUT2D eigenvalue weighted by atomic mass is 16.6. The zero-order valence-corrected chi connectivity index (χ0v) is 13.8. The lowest BCUT2D eigenvalue weighted by Crippen LogP contribution is -2.60. The highest BCUT2D eigenvalue weighted by molar-refractivity contribution is 5.69. The fourth-order valence-electron chi connectivity index (χ4n) is 2.67. The molecular weight excluding hydrogens is 276 g/mol. The number of carbonyl (C=O) groups is 1. The molecule has 1 aromatic carbocycles. The molecule has 1 aromatic rings. The van der Waals surface area contributed by atoms with E-state index < -0.39 is 5.60 Å². The number of benzene rings is 1. The smallest absolute Gasteiger partial charge is 0.410 e. The van der Waals surface area contributed by atoms with Crippen molar-refractivity contribution in [2.75, 3.05) is 13.1 Å². The normalized spacial score (nSPS) is 19.0. The van der Waals surface area contributed by atoms with Crippen molar-refractivity contribution in [1.82, 2.24) is 10.2 Å². The average Bonchev–Trinajstić information content (AvgIpc) is 3.19. The summed E-state index contributed by atoms with van der Waals surface area (Å²) < 4.78 is 5.35. The summed E-state index contributed by atoms with van der Waals surface area (Å²) in [4.78, 5) is 13.6. The Morgan fingerprint density at radius 2 is 1.86 bits per heavy atom. The van der Waals surface area contributed by atoms with Gasteiger partial charge in [0.1, 0.15) is 5.60 Å². The molecule has 1 aliphatic heterocycles. The average molecular weight is 302 g/mol. The maximum Gasteiger partial charge on any atom is 0.410 e. The lowest BCUT2D eigenvalue weighted by atomic mass is 10.1. The first-order valence-corrected chi connectivity index (χ1v) is 8.21. The van der Waals surface area contributed by atoms with E-state index in [2.05, 4.69) is 29.6 Å². The van der Waals surface area contributed by atoms with Gasteiger partial charge in [0.25, 0.3) is 0 Å². The van der Waals surface area contributed by atoms with Crippen LogP contribution in [-0.2, 0) is 11.3 Å². The third-order valence-corrected chi connectivity index (χ3v) is 4.16. The molecule has 1 heterocycles. The standard InChI is InChI=1S/C18H26N2O2/c1-18(2,3)22-17(21)20-11-16(12-20)19-10-13-4-6-14(7-5-13)15-8-9-15/h4-7,15-16,19H,8-12H2,1-3H3. The van der Waals surface area contributed by atoms with Gasteiger partial charge >= 0.3 is 6.09 Å². The lowest BCUT2D eigenvalue weighted by molar-refractivity contribution is 0.00519. The molecule has 0 atom stereocenters. The molecule has 1 saturated heterocycles. The molecule has 120 valence electrons. The van der Waals surface area contributed by atoms with Crippen molar-refractivity contribution in [2.45, 2.75) is 57.7 Å². The number of hydrogen-bond acceptors (Lipinski definition) is 3. The lowest BCUT2D eigenvalue weighted by Gasteiger charge is -2.40. The van der Waals surface area contributed by atoms with E-state index in [1.807, 2.05) is 20.8 Å². The topological polar surface area (TPSA) is 41.6 Å². The molecule has 4 nitrogen and oxygen atoms in total. The molecule has 1 aliphatic carbocycles. The Kier molecular flexibility index (Phi) is 4.13. The Morgan fingerprint density at radius 3 is 2.41 bits per heavy atom. The summed E-state index contributed by atoms with van der Waals surface area (Å²) in [7, 11) is 0. The van der Waals surface area contributed by atoms with E-state index in [9.17, 15) is 4.79 Å². The van der Waals surface area contributed by atoms with Gasteiger partial charge in [-0.05, 0) is 50.7 Å². The van der Waals surface area contributed by atoms with Crippen LogP contribution in [0.3, 0.4) is 0 Å². The molecule has 0 aromatic heterocycles. The molecule has 0 unspecified atom stereocenters. The number of likely N-dealkylation sites (tertiary alicyclic amines) is 1. The van der Waals surface area contributed by atoms with Gasteiger partial charge < -0.3 is 15.0 Å². The summed E-state index contributed by atoms with van der Waals surface area (Å²) in [5, 5.41) is 3.50. The van der Waals surface area contributed by atoms with Gasteiger partial charge in [0.05, 0.1) is 0 Å². The van der Waals surface area contributed by atoms with Crippen LogP contribution in [0.5, 0.6) is 0 Å². The number of amides is 1. The van der Waals surface area contributed by atoms with Crippen LogP contribution in [0.25, 0.3) is 0 Å². The minimum atomic E-state index is -0.418. The van der Waals surface area contributed by atoms with Gasteiger partial charge in [-0.2, -0.15) is 0 Å². The minimum absolute atomic E-state index is 0.209. The van der Waals surface area contributed by atoms with E-state index in [4.69, 9.17) is 4.74 Å². The first kappa shape index (κ1) is 15.3. The van der Waals surface area contributed by atoms with Crippen molar-refractivity contribution in [2.24, 2.45) is 0 Å². The van der Waals surface area contributed by atoms with E-state index in [1.54, 1.807) is 4.90 Å². The van der Waals surface area contributed by atoms with Crippen molar-refractivity contribution < 1.29 is 9.53 Å². The number of hydrogen-bond donors (Lipinski definition) is 1. The van der Waals surface area contributed by atoms with Gasteiger partial charge in [0, 0.05) is 25.7 Å². The Balaban J connectivity index is 1.38. The zero-order chi connectivity index (χ0) is 15.7. The van der Waals surface area contributed by atoms with Crippen molar-refractivity contribution in [3.05, 3.63) is 35.4 Å². The van der Waals surface area contributed by atoms with Crippen LogP contribution in [0.2, 0.25) is 0 Å². The number of ether oxygens (including phenoxy) is 1. The SMILES string of the molecule is CC(C)(C)OC(=O)N1CC(NCc2ccc(C3CC3)cc2)C1. The van der Waals surface area contributed by atoms with Gasteiger partial charge in [0.2, 0.25) is 0 Å². The Labute approximate surface area is 132 Å². The molecule has 0 spiro atoms. The van der Waals surface area contributed by atoms with Crippen LogP contribution in [-0.4, -0.2) is 35.7 Å². The van der Waals surface area contributed by atoms with Crippen molar-refractivity contribution in [3.63, 3.8) is 0 Å². The molecule has 0 bridgehead atoms. The van der Waals surface area contributed by atoms with E-state index in [0.29, 0.717) is 6.04 Å². The summed E-state index contributed by atoms with van der Waals surface area (Å²) in [5.41, 5.74) is 2.36. The van der Waals surface area contributed by atoms with Gasteiger partial charge in [-0.1, -0.05) is 24.3 Å². The van der Waals surface area contributed by atoms with Crippen LogP contribution in [0.1, 0.15) is 50.7 Å². The monoisotopic (exact) mass is 302 g/mol. The molecule has 1 amide bonds. The fourth-order valence-corrected chi connectivity index (χ4v) is 2.67. The van der Waals surface area contributed by atoms with E-state index in [0.717, 1.165) is 25.6 Å². The predicted octanol–water partition coefficient (Wildman–Crippen LogP) is 3.27. The van der Waals surface area contributed by atoms with E-state index >= 15 is 0 Å². The quantitative estimate of drug-likeness (QED) is 0.928. The van der Waals surface area contributed by atoms with Crippen LogP contribution in [0, 0.1) is 0 Å². The Bertz CT molecular complexity index is 523. The third kappa shape index (κ3) is 4.01. The number of nitrogens with zero attached hydrogens (tertiary/aromatic N) is 1. The molecule has 2 fully saturated rings. The molecule has 2 aliphatic rings. The molecular formula is C18H26N2O2. The van der Waals surface area contributed by atoms with Gasteiger partial charge in [-0.15, -0.1) is 0 Å². The maximum atomic E-state index is 11.8. The second-order valence-electron chi connectivity index (χ2n) is 7.48. The number of nitrogens with one attached hydrogen (secondary N) is 1. The Hall–Kier alpha value is -1.55. The molecule has 0 radical (unpaired) electrons. The largest absolute Gasteiger partial charge is 0.444 e. The first-order chi connectivity index (χ1) is 10.4. The summed E-state index contributed by atoms with van der Waals surface area (Å²) >= 11 is 0. The van der Waals surface area contributed by atoms with Crippen molar-refractivity contribution in [3.8, 4) is 0 Å². The molecule has 3 rings (SSSR count). The van der Waals surface area contributed by atoms with E-state index in [1.165, 1.54) is 24.0 Å². The second kappa shape index (κ2) is 5.92. The molecule has 1 N–H and O–H groups in total. The van der Waals surface area contributed by atoms with Crippen LogP contribution >= 0.6 is 0 Å². The van der Waals surface area contributed by atoms with Gasteiger partial charge in [-0.3, -0.25) is 0 Å². The third-order valence-electron chi connectivity index (χ3n) is 4.16. The van der Waals surface area contributed by atoms with Crippen LogP contribution in [0.4, 0.5) is 4.79 Å². The van der Waals surface area contributed by atoms with Crippen LogP contribution < -0.4 is 5.32 Å². The predicted molar refractivity (Wildman–Crippen MR) is 86.9 cm³/mol. The summed E-state index contributed by atoms with van der Waals surface area (Å²) in [5.74, 6) is 0.816. The molecule has 22 heavy (non-hydrogen) atoms. The van der Waals surface area contributed by atoms with Crippen molar-refractivity contribution >= 4 is 6.09 Å². The summed E-state index contributed by atoms with van der Waals surface area (Å²) in [6, 6.07) is 9.30. The zero-order valence-electron chi connectivity index (χ0n) is 13.8. The Morgan fingerprint density at radius 1 is 1.23 bits per heavy atom. The molecule has 4 heteroatoms. The number of rotatable bonds is 4. The highest BCUT2D eigenvalue weighted by Gasteiger charge is 2.33. The maximum absolute atomic E-state index is 11.8.